The number of anilines is 1. The lowest BCUT2D eigenvalue weighted by atomic mass is 9.92. The quantitative estimate of drug-likeness (QED) is 0.765. The molecule has 0 radical (unpaired) electrons. The number of ether oxygens (including phenoxy) is 1. The molecule has 0 aliphatic carbocycles. The van der Waals surface area contributed by atoms with E-state index in [0.717, 1.165) is 37.2 Å². The Bertz CT molecular complexity index is 727. The Kier molecular flexibility index (Phi) is 7.39. The Morgan fingerprint density at radius 2 is 1.83 bits per heavy atom. The third kappa shape index (κ3) is 6.67. The average molecular weight is 437 g/mol. The van der Waals surface area contributed by atoms with Gasteiger partial charge in [0.2, 0.25) is 5.91 Å². The molecule has 2 aliphatic rings. The average Bonchev–Trinajstić information content (AvgIpc) is 3.06. The van der Waals surface area contributed by atoms with Gasteiger partial charge in [0.1, 0.15) is 5.60 Å². The van der Waals surface area contributed by atoms with Crippen LogP contribution in [0.15, 0.2) is 5.38 Å². The van der Waals surface area contributed by atoms with Crippen molar-refractivity contribution in [2.75, 3.05) is 31.5 Å². The molecule has 3 rings (SSSR count). The smallest absolute Gasteiger partial charge is 0.410 e. The number of aromatic nitrogens is 1. The minimum Gasteiger partial charge on any atom is -0.444 e. The fourth-order valence-electron chi connectivity index (χ4n) is 4.45. The largest absolute Gasteiger partial charge is 0.444 e. The van der Waals surface area contributed by atoms with Gasteiger partial charge >= 0.3 is 6.09 Å². The highest BCUT2D eigenvalue weighted by Crippen LogP contribution is 2.25. The molecule has 0 spiro atoms. The van der Waals surface area contributed by atoms with Crippen LogP contribution >= 0.6 is 11.3 Å². The lowest BCUT2D eigenvalue weighted by Crippen LogP contribution is -2.43. The maximum atomic E-state index is 12.7. The molecule has 1 N–H and O–H groups in total. The molecule has 1 aromatic heterocycles. The zero-order valence-electron chi connectivity index (χ0n) is 18.9. The van der Waals surface area contributed by atoms with E-state index in [1.165, 1.54) is 17.8 Å². The molecule has 2 aliphatic heterocycles. The van der Waals surface area contributed by atoms with Crippen molar-refractivity contribution < 1.29 is 14.3 Å². The van der Waals surface area contributed by atoms with Gasteiger partial charge in [-0.2, -0.15) is 0 Å². The summed E-state index contributed by atoms with van der Waals surface area (Å²) in [4.78, 5) is 33.6. The molecule has 0 aromatic carbocycles. The topological polar surface area (TPSA) is 74.8 Å². The number of amides is 2. The van der Waals surface area contributed by atoms with Crippen LogP contribution in [-0.2, 0) is 16.1 Å². The number of rotatable bonds is 4. The van der Waals surface area contributed by atoms with Crippen molar-refractivity contribution in [1.82, 2.24) is 14.8 Å². The first kappa shape index (κ1) is 23.0. The van der Waals surface area contributed by atoms with Crippen molar-refractivity contribution in [1.29, 1.82) is 0 Å². The van der Waals surface area contributed by atoms with E-state index in [0.29, 0.717) is 31.1 Å². The van der Waals surface area contributed by atoms with Crippen molar-refractivity contribution in [2.24, 2.45) is 17.8 Å². The van der Waals surface area contributed by atoms with E-state index in [1.54, 1.807) is 4.90 Å². The van der Waals surface area contributed by atoms with Gasteiger partial charge in [0, 0.05) is 44.0 Å². The van der Waals surface area contributed by atoms with Gasteiger partial charge in [-0.1, -0.05) is 13.8 Å². The second-order valence-electron chi connectivity index (χ2n) is 10.0. The van der Waals surface area contributed by atoms with Gasteiger partial charge in [0.25, 0.3) is 0 Å². The standard InChI is InChI=1S/C22H36N4O3S/c1-15-10-16(2)12-25(11-15)13-18-14-30-20(23-18)24-19(27)17-6-8-26(9-7-17)21(28)29-22(3,4)5/h14-17H,6-13H2,1-5H3,(H,23,24,27)/t15-,16-/m0/s1. The van der Waals surface area contributed by atoms with Crippen LogP contribution in [0.3, 0.4) is 0 Å². The molecule has 2 saturated heterocycles. The van der Waals surface area contributed by atoms with Gasteiger partial charge in [-0.3, -0.25) is 9.69 Å². The van der Waals surface area contributed by atoms with Crippen LogP contribution in [0.2, 0.25) is 0 Å². The number of nitrogens with one attached hydrogen (secondary N) is 1. The van der Waals surface area contributed by atoms with Crippen LogP contribution in [0, 0.1) is 17.8 Å². The fourth-order valence-corrected chi connectivity index (χ4v) is 5.15. The second-order valence-corrected chi connectivity index (χ2v) is 10.9. The summed E-state index contributed by atoms with van der Waals surface area (Å²) in [6.45, 7) is 14.4. The highest BCUT2D eigenvalue weighted by atomic mass is 32.1. The van der Waals surface area contributed by atoms with Crippen molar-refractivity contribution in [3.63, 3.8) is 0 Å². The number of carbonyl (C=O) groups excluding carboxylic acids is 2. The molecule has 2 atom stereocenters. The zero-order valence-corrected chi connectivity index (χ0v) is 19.8. The predicted octanol–water partition coefficient (Wildman–Crippen LogP) is 4.21. The number of hydrogen-bond donors (Lipinski definition) is 1. The zero-order chi connectivity index (χ0) is 21.9. The summed E-state index contributed by atoms with van der Waals surface area (Å²) in [5.74, 6) is 1.34. The normalized spacial score (nSPS) is 24.0. The molecular weight excluding hydrogens is 400 g/mol. The van der Waals surface area contributed by atoms with E-state index in [-0.39, 0.29) is 17.9 Å². The number of piperidine rings is 2. The van der Waals surface area contributed by atoms with Crippen LogP contribution in [0.5, 0.6) is 0 Å². The fraction of sp³-hybridized carbons (Fsp3) is 0.773. The van der Waals surface area contributed by atoms with Crippen LogP contribution < -0.4 is 5.32 Å². The second kappa shape index (κ2) is 9.64. The molecule has 2 amide bonds. The SMILES string of the molecule is C[C@H]1C[C@H](C)CN(Cc2csc(NC(=O)C3CCN(C(=O)OC(C)(C)C)CC3)n2)C1. The molecule has 0 saturated carbocycles. The van der Waals surface area contributed by atoms with Crippen LogP contribution in [0.1, 0.15) is 59.6 Å². The third-order valence-electron chi connectivity index (χ3n) is 5.63. The Morgan fingerprint density at radius 3 is 2.43 bits per heavy atom. The van der Waals surface area contributed by atoms with E-state index in [4.69, 9.17) is 4.74 Å². The van der Waals surface area contributed by atoms with E-state index < -0.39 is 5.60 Å². The first-order chi connectivity index (χ1) is 14.1. The summed E-state index contributed by atoms with van der Waals surface area (Å²) >= 11 is 1.49. The minimum atomic E-state index is -0.502. The van der Waals surface area contributed by atoms with E-state index in [1.807, 2.05) is 26.2 Å². The highest BCUT2D eigenvalue weighted by Gasteiger charge is 2.30. The summed E-state index contributed by atoms with van der Waals surface area (Å²) in [5.41, 5.74) is 0.523. The van der Waals surface area contributed by atoms with Crippen molar-refractivity contribution in [2.45, 2.75) is 66.0 Å². The predicted molar refractivity (Wildman–Crippen MR) is 119 cm³/mol. The van der Waals surface area contributed by atoms with Crippen LogP contribution in [-0.4, -0.2) is 58.6 Å². The first-order valence-corrected chi connectivity index (χ1v) is 11.9. The van der Waals surface area contributed by atoms with Crippen LogP contribution in [0.25, 0.3) is 0 Å². The molecule has 7 nitrogen and oxygen atoms in total. The van der Waals surface area contributed by atoms with Gasteiger partial charge in [-0.05, 0) is 51.9 Å². The summed E-state index contributed by atoms with van der Waals surface area (Å²) < 4.78 is 5.42. The maximum Gasteiger partial charge on any atom is 0.410 e. The molecule has 30 heavy (non-hydrogen) atoms. The van der Waals surface area contributed by atoms with Crippen molar-refractivity contribution in [3.8, 4) is 0 Å². The molecular formula is C22H36N4O3S. The number of carbonyl (C=O) groups is 2. The Balaban J connectivity index is 1.45. The molecule has 2 fully saturated rings. The molecule has 1 aromatic rings. The number of thiazole rings is 1. The minimum absolute atomic E-state index is 0.0000410. The number of likely N-dealkylation sites (tertiary alicyclic amines) is 2. The van der Waals surface area contributed by atoms with Gasteiger partial charge < -0.3 is 15.0 Å². The molecule has 0 bridgehead atoms. The summed E-state index contributed by atoms with van der Waals surface area (Å²) in [5, 5.41) is 5.70. The van der Waals surface area contributed by atoms with E-state index in [9.17, 15) is 9.59 Å². The first-order valence-electron chi connectivity index (χ1n) is 11.0. The summed E-state index contributed by atoms with van der Waals surface area (Å²) in [7, 11) is 0. The number of nitrogens with zero attached hydrogens (tertiary/aromatic N) is 3. The Labute approximate surface area is 184 Å². The molecule has 0 unspecified atom stereocenters. The number of hydrogen-bond acceptors (Lipinski definition) is 6. The molecule has 168 valence electrons. The Hall–Kier alpha value is -1.67. The van der Waals surface area contributed by atoms with Crippen LogP contribution in [0.4, 0.5) is 9.93 Å². The van der Waals surface area contributed by atoms with Crippen molar-refractivity contribution >= 4 is 28.5 Å². The van der Waals surface area contributed by atoms with Gasteiger partial charge in [-0.25, -0.2) is 9.78 Å². The monoisotopic (exact) mass is 436 g/mol. The summed E-state index contributed by atoms with van der Waals surface area (Å²) in [6, 6.07) is 0. The van der Waals surface area contributed by atoms with E-state index in [2.05, 4.69) is 29.0 Å². The summed E-state index contributed by atoms with van der Waals surface area (Å²) in [6.07, 6.45) is 2.29. The third-order valence-corrected chi connectivity index (χ3v) is 6.44. The lowest BCUT2D eigenvalue weighted by Gasteiger charge is -2.34. The highest BCUT2D eigenvalue weighted by molar-refractivity contribution is 7.13. The molecule has 8 heteroatoms. The Morgan fingerprint density at radius 1 is 1.20 bits per heavy atom. The maximum absolute atomic E-state index is 12.7. The van der Waals surface area contributed by atoms with Gasteiger partial charge in [0.15, 0.2) is 5.13 Å². The van der Waals surface area contributed by atoms with E-state index >= 15 is 0 Å². The van der Waals surface area contributed by atoms with Crippen molar-refractivity contribution in [3.05, 3.63) is 11.1 Å². The van der Waals surface area contributed by atoms with Gasteiger partial charge in [0.05, 0.1) is 5.69 Å². The van der Waals surface area contributed by atoms with Gasteiger partial charge in [-0.15, -0.1) is 11.3 Å². The molecule has 3 heterocycles. The lowest BCUT2D eigenvalue weighted by molar-refractivity contribution is -0.121.